The third-order valence-electron chi connectivity index (χ3n) is 3.95. The monoisotopic (exact) mass is 266 g/mol. The van der Waals surface area contributed by atoms with Gasteiger partial charge in [0.2, 0.25) is 0 Å². The summed E-state index contributed by atoms with van der Waals surface area (Å²) in [7, 11) is 0. The molecule has 1 saturated heterocycles. The molecule has 2 aromatic rings. The van der Waals surface area contributed by atoms with Gasteiger partial charge in [0, 0.05) is 24.5 Å². The van der Waals surface area contributed by atoms with Gasteiger partial charge in [0.15, 0.2) is 0 Å². The molecule has 3 rings (SSSR count). The van der Waals surface area contributed by atoms with E-state index in [1.807, 2.05) is 0 Å². The van der Waals surface area contributed by atoms with E-state index < -0.39 is 0 Å². The first-order valence-corrected chi connectivity index (χ1v) is 7.51. The highest BCUT2D eigenvalue weighted by Gasteiger charge is 2.21. The van der Waals surface area contributed by atoms with Gasteiger partial charge >= 0.3 is 0 Å². The van der Waals surface area contributed by atoms with Gasteiger partial charge in [-0.05, 0) is 30.2 Å². The highest BCUT2D eigenvalue weighted by atomic mass is 15.4. The maximum absolute atomic E-state index is 2.50. The maximum atomic E-state index is 2.50. The van der Waals surface area contributed by atoms with Gasteiger partial charge in [-0.2, -0.15) is 0 Å². The van der Waals surface area contributed by atoms with Crippen LogP contribution in [0.5, 0.6) is 0 Å². The van der Waals surface area contributed by atoms with Crippen molar-refractivity contribution in [2.45, 2.75) is 19.8 Å². The summed E-state index contributed by atoms with van der Waals surface area (Å²) in [6, 6.07) is 19.5. The summed E-state index contributed by atoms with van der Waals surface area (Å²) in [6.45, 7) is 5.45. The molecule has 0 atom stereocenters. The van der Waals surface area contributed by atoms with Gasteiger partial charge in [0.05, 0.1) is 6.67 Å². The molecule has 2 heteroatoms. The Morgan fingerprint density at radius 3 is 2.35 bits per heavy atom. The minimum absolute atomic E-state index is 0.991. The highest BCUT2D eigenvalue weighted by molar-refractivity contribution is 5.58. The first kappa shape index (κ1) is 13.0. The van der Waals surface area contributed by atoms with Crippen molar-refractivity contribution in [1.29, 1.82) is 0 Å². The van der Waals surface area contributed by atoms with Crippen LogP contribution in [0.4, 0.5) is 11.4 Å². The highest BCUT2D eigenvalue weighted by Crippen LogP contribution is 2.26. The van der Waals surface area contributed by atoms with Crippen molar-refractivity contribution in [3.63, 3.8) is 0 Å². The van der Waals surface area contributed by atoms with Crippen molar-refractivity contribution in [2.75, 3.05) is 29.6 Å². The average Bonchev–Trinajstić information content (AvgIpc) is 2.99. The van der Waals surface area contributed by atoms with E-state index in [0.29, 0.717) is 0 Å². The number of para-hydroxylation sites is 2. The molecule has 0 aliphatic carbocycles. The van der Waals surface area contributed by atoms with Gasteiger partial charge in [-0.25, -0.2) is 0 Å². The molecule has 2 aromatic carbocycles. The Labute approximate surface area is 121 Å². The lowest BCUT2D eigenvalue weighted by atomic mass is 10.1. The Morgan fingerprint density at radius 1 is 0.850 bits per heavy atom. The zero-order chi connectivity index (χ0) is 13.8. The molecular formula is C18H22N2. The number of hydrogen-bond donors (Lipinski definition) is 0. The molecule has 1 aliphatic heterocycles. The molecule has 1 fully saturated rings. The Balaban J connectivity index is 1.77. The molecule has 0 amide bonds. The SMILES string of the molecule is CCCc1ccccc1N1CCN(c2ccccc2)C1. The second-order valence-electron chi connectivity index (χ2n) is 5.38. The van der Waals surface area contributed by atoms with Crippen molar-refractivity contribution in [3.8, 4) is 0 Å². The van der Waals surface area contributed by atoms with Crippen LogP contribution >= 0.6 is 0 Å². The molecule has 0 radical (unpaired) electrons. The number of benzene rings is 2. The van der Waals surface area contributed by atoms with Crippen LogP contribution in [0.2, 0.25) is 0 Å². The van der Waals surface area contributed by atoms with Crippen LogP contribution in [0.3, 0.4) is 0 Å². The topological polar surface area (TPSA) is 6.48 Å². The second-order valence-corrected chi connectivity index (χ2v) is 5.38. The summed E-state index contributed by atoms with van der Waals surface area (Å²) in [5.74, 6) is 0. The fourth-order valence-electron chi connectivity index (χ4n) is 2.94. The normalized spacial score (nSPS) is 14.8. The van der Waals surface area contributed by atoms with E-state index in [9.17, 15) is 0 Å². The summed E-state index contributed by atoms with van der Waals surface area (Å²) < 4.78 is 0. The number of nitrogens with zero attached hydrogens (tertiary/aromatic N) is 2. The van der Waals surface area contributed by atoms with E-state index in [-0.39, 0.29) is 0 Å². The summed E-state index contributed by atoms with van der Waals surface area (Å²) in [6.07, 6.45) is 2.37. The van der Waals surface area contributed by atoms with Crippen LogP contribution in [-0.4, -0.2) is 19.8 Å². The molecule has 20 heavy (non-hydrogen) atoms. The summed E-state index contributed by atoms with van der Waals surface area (Å²) in [4.78, 5) is 4.95. The average molecular weight is 266 g/mol. The Kier molecular flexibility index (Phi) is 3.91. The van der Waals surface area contributed by atoms with Gasteiger partial charge in [-0.3, -0.25) is 0 Å². The van der Waals surface area contributed by atoms with Gasteiger partial charge < -0.3 is 9.80 Å². The molecule has 1 aliphatic rings. The molecule has 104 valence electrons. The van der Waals surface area contributed by atoms with Crippen molar-refractivity contribution in [3.05, 3.63) is 60.2 Å². The molecule has 0 bridgehead atoms. The second kappa shape index (κ2) is 6.00. The standard InChI is InChI=1S/C18H22N2/c1-2-8-16-9-6-7-12-18(16)20-14-13-19(15-20)17-10-4-3-5-11-17/h3-7,9-12H,2,8,13-15H2,1H3. The van der Waals surface area contributed by atoms with Gasteiger partial charge in [-0.15, -0.1) is 0 Å². The van der Waals surface area contributed by atoms with E-state index in [4.69, 9.17) is 0 Å². The smallest absolute Gasteiger partial charge is 0.0904 e. The summed E-state index contributed by atoms with van der Waals surface area (Å²) in [5, 5.41) is 0. The lowest BCUT2D eigenvalue weighted by molar-refractivity contribution is 0.890. The first-order valence-electron chi connectivity index (χ1n) is 7.51. The molecule has 0 N–H and O–H groups in total. The van der Waals surface area contributed by atoms with Crippen LogP contribution in [0.1, 0.15) is 18.9 Å². The molecule has 0 saturated carbocycles. The Hall–Kier alpha value is -1.96. The minimum Gasteiger partial charge on any atom is -0.352 e. The molecule has 0 unspecified atom stereocenters. The van der Waals surface area contributed by atoms with Crippen LogP contribution in [-0.2, 0) is 6.42 Å². The van der Waals surface area contributed by atoms with E-state index in [0.717, 1.165) is 26.2 Å². The molecule has 1 heterocycles. The predicted octanol–water partition coefficient (Wildman–Crippen LogP) is 3.92. The van der Waals surface area contributed by atoms with Gasteiger partial charge in [-0.1, -0.05) is 49.7 Å². The number of anilines is 2. The van der Waals surface area contributed by atoms with E-state index in [1.54, 1.807) is 0 Å². The molecule has 0 spiro atoms. The van der Waals surface area contributed by atoms with Gasteiger partial charge in [0.25, 0.3) is 0 Å². The van der Waals surface area contributed by atoms with E-state index >= 15 is 0 Å². The molecular weight excluding hydrogens is 244 g/mol. The quantitative estimate of drug-likeness (QED) is 0.827. The van der Waals surface area contributed by atoms with Crippen molar-refractivity contribution in [2.24, 2.45) is 0 Å². The third-order valence-corrected chi connectivity index (χ3v) is 3.95. The predicted molar refractivity (Wildman–Crippen MR) is 86.4 cm³/mol. The minimum atomic E-state index is 0.991. The van der Waals surface area contributed by atoms with E-state index in [2.05, 4.69) is 71.3 Å². The number of aryl methyl sites for hydroxylation is 1. The maximum Gasteiger partial charge on any atom is 0.0904 e. The number of rotatable bonds is 4. The van der Waals surface area contributed by atoms with Crippen LogP contribution in [0, 0.1) is 0 Å². The van der Waals surface area contributed by atoms with Crippen molar-refractivity contribution in [1.82, 2.24) is 0 Å². The Morgan fingerprint density at radius 2 is 1.55 bits per heavy atom. The number of hydrogen-bond acceptors (Lipinski definition) is 2. The van der Waals surface area contributed by atoms with Crippen molar-refractivity contribution >= 4 is 11.4 Å². The first-order chi connectivity index (χ1) is 9.88. The third kappa shape index (κ3) is 2.64. The van der Waals surface area contributed by atoms with Crippen molar-refractivity contribution < 1.29 is 0 Å². The van der Waals surface area contributed by atoms with Crippen LogP contribution in [0.25, 0.3) is 0 Å². The fourth-order valence-corrected chi connectivity index (χ4v) is 2.94. The summed E-state index contributed by atoms with van der Waals surface area (Å²) in [5.41, 5.74) is 4.21. The zero-order valence-corrected chi connectivity index (χ0v) is 12.1. The zero-order valence-electron chi connectivity index (χ0n) is 12.1. The largest absolute Gasteiger partial charge is 0.352 e. The molecule has 2 nitrogen and oxygen atoms in total. The van der Waals surface area contributed by atoms with E-state index in [1.165, 1.54) is 23.4 Å². The van der Waals surface area contributed by atoms with Crippen LogP contribution in [0.15, 0.2) is 54.6 Å². The van der Waals surface area contributed by atoms with Crippen LogP contribution < -0.4 is 9.80 Å². The lowest BCUT2D eigenvalue weighted by Crippen LogP contribution is -2.25. The van der Waals surface area contributed by atoms with Gasteiger partial charge in [0.1, 0.15) is 0 Å². The fraction of sp³-hybridized carbons (Fsp3) is 0.333. The summed E-state index contributed by atoms with van der Waals surface area (Å²) >= 11 is 0. The molecule has 0 aromatic heterocycles. The lowest BCUT2D eigenvalue weighted by Gasteiger charge is -2.23. The Bertz CT molecular complexity index is 550.